The van der Waals surface area contributed by atoms with Crippen molar-refractivity contribution < 1.29 is 43.9 Å². The molecule has 7 nitrogen and oxygen atoms in total. The van der Waals surface area contributed by atoms with Crippen LogP contribution < -0.4 is 9.80 Å². The normalized spacial score (nSPS) is 15.3. The number of aryl methyl sites for hydroxylation is 1. The number of nitrogens with zero attached hydrogens (tertiary/aromatic N) is 4. The second-order valence-electron chi connectivity index (χ2n) is 11.4. The molecule has 0 N–H and O–H groups in total. The maximum absolute atomic E-state index is 14.1. The Balaban J connectivity index is 1.78. The number of sulfonamides is 1. The second-order valence-corrected chi connectivity index (χ2v) is 14.0. The van der Waals surface area contributed by atoms with Gasteiger partial charge in [0.15, 0.2) is 0 Å². The van der Waals surface area contributed by atoms with Crippen LogP contribution in [0.2, 0.25) is 0 Å². The van der Waals surface area contributed by atoms with Crippen molar-refractivity contribution in [2.75, 3.05) is 48.2 Å². The van der Waals surface area contributed by atoms with Crippen molar-refractivity contribution in [3.8, 4) is 11.1 Å². The van der Waals surface area contributed by atoms with Crippen molar-refractivity contribution in [1.29, 1.82) is 0 Å². The summed E-state index contributed by atoms with van der Waals surface area (Å²) < 4.78 is 121. The van der Waals surface area contributed by atoms with Gasteiger partial charge in [-0.15, -0.1) is 11.6 Å². The molecule has 0 aliphatic carbocycles. The zero-order valence-electron chi connectivity index (χ0n) is 25.1. The van der Waals surface area contributed by atoms with E-state index in [1.807, 2.05) is 0 Å². The van der Waals surface area contributed by atoms with Crippen LogP contribution in [-0.4, -0.2) is 62.1 Å². The highest BCUT2D eigenvalue weighted by molar-refractivity contribution is 7.90. The lowest BCUT2D eigenvalue weighted by Gasteiger charge is -2.35. The van der Waals surface area contributed by atoms with Crippen LogP contribution in [0.1, 0.15) is 36.1 Å². The summed E-state index contributed by atoms with van der Waals surface area (Å²) >= 11 is 5.58. The standard InChI is InChI=1S/C30H30ClF7N4O3S/c1-18-11-22(32)5-6-23(18)24-15-26(41-7-9-42(10-8-41)46(44,45)17-31)39-16-25(24)40(4)27(43)28(2,3)19-12-20(29(33,34)35)14-21(13-19)30(36,37)38/h5-6,11-16H,7-10,17H2,1-4H3. The Kier molecular flexibility index (Phi) is 9.74. The van der Waals surface area contributed by atoms with E-state index in [0.717, 1.165) is 4.90 Å². The van der Waals surface area contributed by atoms with Crippen LogP contribution in [0.5, 0.6) is 0 Å². The number of hydrogen-bond donors (Lipinski definition) is 0. The number of pyridine rings is 1. The zero-order valence-corrected chi connectivity index (χ0v) is 26.7. The Labute approximate surface area is 266 Å². The Bertz CT molecular complexity index is 1710. The number of alkyl halides is 7. The summed E-state index contributed by atoms with van der Waals surface area (Å²) in [6, 6.07) is 6.61. The van der Waals surface area contributed by atoms with Gasteiger partial charge in [0.05, 0.1) is 28.4 Å². The lowest BCUT2D eigenvalue weighted by Crippen LogP contribution is -2.49. The number of piperazine rings is 1. The van der Waals surface area contributed by atoms with Gasteiger partial charge in [0, 0.05) is 38.8 Å². The van der Waals surface area contributed by atoms with Gasteiger partial charge in [0.2, 0.25) is 15.9 Å². The summed E-state index contributed by atoms with van der Waals surface area (Å²) in [4.78, 5) is 21.3. The van der Waals surface area contributed by atoms with Gasteiger partial charge >= 0.3 is 12.4 Å². The Hall–Kier alpha value is -3.43. The van der Waals surface area contributed by atoms with Gasteiger partial charge in [-0.05, 0) is 73.9 Å². The van der Waals surface area contributed by atoms with Crippen LogP contribution in [-0.2, 0) is 32.6 Å². The first kappa shape index (κ1) is 35.4. The van der Waals surface area contributed by atoms with Crippen LogP contribution in [0.3, 0.4) is 0 Å². The molecule has 2 heterocycles. The first-order chi connectivity index (χ1) is 21.2. The van der Waals surface area contributed by atoms with Crippen LogP contribution in [0.25, 0.3) is 11.1 Å². The molecule has 0 spiro atoms. The van der Waals surface area contributed by atoms with E-state index >= 15 is 0 Å². The summed E-state index contributed by atoms with van der Waals surface area (Å²) in [6.45, 7) is 4.85. The largest absolute Gasteiger partial charge is 0.416 e. The minimum Gasteiger partial charge on any atom is -0.354 e. The molecule has 0 radical (unpaired) electrons. The van der Waals surface area contributed by atoms with Gasteiger partial charge in [0.25, 0.3) is 0 Å². The van der Waals surface area contributed by atoms with Gasteiger partial charge in [-0.1, -0.05) is 6.07 Å². The fourth-order valence-corrected chi connectivity index (χ4v) is 6.53. The number of benzene rings is 2. The van der Waals surface area contributed by atoms with Crippen molar-refractivity contribution in [2.24, 2.45) is 0 Å². The Morgan fingerprint density at radius 1 is 0.891 bits per heavy atom. The van der Waals surface area contributed by atoms with E-state index in [-0.39, 0.29) is 37.9 Å². The molecule has 0 saturated carbocycles. The lowest BCUT2D eigenvalue weighted by molar-refractivity contribution is -0.143. The molecule has 2 aromatic carbocycles. The quantitative estimate of drug-likeness (QED) is 0.201. The smallest absolute Gasteiger partial charge is 0.354 e. The highest BCUT2D eigenvalue weighted by Crippen LogP contribution is 2.41. The Morgan fingerprint density at radius 3 is 1.93 bits per heavy atom. The van der Waals surface area contributed by atoms with E-state index in [4.69, 9.17) is 11.6 Å². The van der Waals surface area contributed by atoms with Crippen molar-refractivity contribution in [3.05, 3.63) is 76.7 Å². The number of amides is 1. The molecule has 46 heavy (non-hydrogen) atoms. The third-order valence-electron chi connectivity index (χ3n) is 7.95. The molecule has 0 bridgehead atoms. The molecule has 1 aliphatic rings. The third-order valence-corrected chi connectivity index (χ3v) is 10.2. The van der Waals surface area contributed by atoms with Crippen LogP contribution in [0, 0.1) is 12.7 Å². The molecule has 1 aromatic heterocycles. The highest BCUT2D eigenvalue weighted by Gasteiger charge is 2.41. The number of carbonyl (C=O) groups excluding carboxylic acids is 1. The first-order valence-electron chi connectivity index (χ1n) is 13.8. The maximum Gasteiger partial charge on any atom is 0.416 e. The monoisotopic (exact) mass is 694 g/mol. The molecule has 1 saturated heterocycles. The summed E-state index contributed by atoms with van der Waals surface area (Å²) in [5.41, 5.74) is -3.98. The molecular formula is C30H30ClF7N4O3S. The predicted octanol–water partition coefficient (Wildman–Crippen LogP) is 6.82. The van der Waals surface area contributed by atoms with Gasteiger partial charge < -0.3 is 9.80 Å². The molecule has 1 amide bonds. The fraction of sp³-hybridized carbons (Fsp3) is 0.400. The minimum absolute atomic E-state index is 0.00322. The van der Waals surface area contributed by atoms with Gasteiger partial charge in [0.1, 0.15) is 16.8 Å². The Morgan fingerprint density at radius 2 is 1.43 bits per heavy atom. The number of rotatable bonds is 7. The number of halogens is 8. The average Bonchev–Trinajstić information content (AvgIpc) is 2.99. The van der Waals surface area contributed by atoms with E-state index in [1.54, 1.807) is 17.9 Å². The highest BCUT2D eigenvalue weighted by atomic mass is 35.5. The van der Waals surface area contributed by atoms with E-state index in [0.29, 0.717) is 34.6 Å². The van der Waals surface area contributed by atoms with E-state index in [2.05, 4.69) is 4.98 Å². The number of likely N-dealkylation sites (N-methyl/N-ethyl adjacent to an activating group) is 1. The maximum atomic E-state index is 14.1. The second kappa shape index (κ2) is 12.6. The first-order valence-corrected chi connectivity index (χ1v) is 15.9. The van der Waals surface area contributed by atoms with Crippen molar-refractivity contribution in [1.82, 2.24) is 9.29 Å². The van der Waals surface area contributed by atoms with Crippen LogP contribution in [0.4, 0.5) is 42.2 Å². The van der Waals surface area contributed by atoms with Crippen molar-refractivity contribution in [2.45, 2.75) is 38.5 Å². The van der Waals surface area contributed by atoms with Crippen molar-refractivity contribution in [3.63, 3.8) is 0 Å². The molecule has 3 aromatic rings. The lowest BCUT2D eigenvalue weighted by atomic mass is 9.81. The molecule has 4 rings (SSSR count). The molecular weight excluding hydrogens is 665 g/mol. The number of carbonyl (C=O) groups is 1. The summed E-state index contributed by atoms with van der Waals surface area (Å²) in [5, 5.41) is -0.567. The SMILES string of the molecule is Cc1cc(F)ccc1-c1cc(N2CCN(S(=O)(=O)CCl)CC2)ncc1N(C)C(=O)C(C)(C)c1cc(C(F)(F)F)cc(C(F)(F)F)c1. The predicted molar refractivity (Wildman–Crippen MR) is 161 cm³/mol. The zero-order chi connectivity index (χ0) is 34.4. The van der Waals surface area contributed by atoms with Gasteiger partial charge in [-0.25, -0.2) is 17.8 Å². The van der Waals surface area contributed by atoms with Crippen molar-refractivity contribution >= 4 is 39.0 Å². The molecule has 0 atom stereocenters. The molecule has 1 fully saturated rings. The summed E-state index contributed by atoms with van der Waals surface area (Å²) in [7, 11) is -2.31. The third kappa shape index (κ3) is 7.26. The molecule has 250 valence electrons. The van der Waals surface area contributed by atoms with E-state index < -0.39 is 61.4 Å². The molecule has 16 heteroatoms. The number of aromatic nitrogens is 1. The number of hydrogen-bond acceptors (Lipinski definition) is 5. The average molecular weight is 695 g/mol. The number of anilines is 2. The minimum atomic E-state index is -5.10. The molecule has 0 unspecified atom stereocenters. The van der Waals surface area contributed by atoms with Crippen LogP contribution in [0.15, 0.2) is 48.7 Å². The molecule has 1 aliphatic heterocycles. The van der Waals surface area contributed by atoms with Gasteiger partial charge in [-0.3, -0.25) is 4.79 Å². The topological polar surface area (TPSA) is 73.8 Å². The van der Waals surface area contributed by atoms with E-state index in [1.165, 1.54) is 49.6 Å². The summed E-state index contributed by atoms with van der Waals surface area (Å²) in [5.74, 6) is -0.960. The van der Waals surface area contributed by atoms with Crippen LogP contribution >= 0.6 is 11.6 Å². The van der Waals surface area contributed by atoms with E-state index in [9.17, 15) is 43.9 Å². The summed E-state index contributed by atoms with van der Waals surface area (Å²) in [6.07, 6.45) is -8.88. The van der Waals surface area contributed by atoms with Gasteiger partial charge in [-0.2, -0.15) is 30.6 Å². The fourth-order valence-electron chi connectivity index (χ4n) is 5.25.